The quantitative estimate of drug-likeness (QED) is 0.804. The summed E-state index contributed by atoms with van der Waals surface area (Å²) in [6.07, 6.45) is 1.70. The van der Waals surface area contributed by atoms with Crippen LogP contribution in [0.5, 0.6) is 0 Å². The zero-order valence-corrected chi connectivity index (χ0v) is 11.5. The molecule has 1 atom stereocenters. The molecule has 1 N–H and O–H groups in total. The predicted molar refractivity (Wildman–Crippen MR) is 70.6 cm³/mol. The highest BCUT2D eigenvalue weighted by atomic mass is 16.5. The van der Waals surface area contributed by atoms with Crippen molar-refractivity contribution in [1.29, 1.82) is 0 Å². The van der Waals surface area contributed by atoms with Gasteiger partial charge in [0.2, 0.25) is 0 Å². The summed E-state index contributed by atoms with van der Waals surface area (Å²) in [5.74, 6) is -0.832. The first-order valence-electron chi connectivity index (χ1n) is 6.43. The topological polar surface area (TPSA) is 85.6 Å². The second-order valence-corrected chi connectivity index (χ2v) is 5.16. The van der Waals surface area contributed by atoms with Crippen molar-refractivity contribution in [3.8, 4) is 0 Å². The number of fused-ring (bicyclic) bond motifs is 1. The van der Waals surface area contributed by atoms with Crippen molar-refractivity contribution < 1.29 is 19.4 Å². The van der Waals surface area contributed by atoms with Gasteiger partial charge in [0, 0.05) is 23.7 Å². The van der Waals surface area contributed by atoms with E-state index in [2.05, 4.69) is 4.74 Å². The van der Waals surface area contributed by atoms with Gasteiger partial charge in [0.05, 0.1) is 13.7 Å². The molecule has 2 rings (SSSR count). The number of carbonyl (C=O) groups is 2. The van der Waals surface area contributed by atoms with E-state index in [-0.39, 0.29) is 17.9 Å². The molecule has 1 aliphatic carbocycles. The van der Waals surface area contributed by atoms with Gasteiger partial charge >= 0.3 is 5.97 Å². The molecule has 1 aromatic rings. The van der Waals surface area contributed by atoms with Crippen LogP contribution in [0.1, 0.15) is 35.8 Å². The number of ketones is 1. The van der Waals surface area contributed by atoms with Gasteiger partial charge < -0.3 is 14.4 Å². The summed E-state index contributed by atoms with van der Waals surface area (Å²) in [6.45, 7) is 1.06. The highest BCUT2D eigenvalue weighted by molar-refractivity contribution is 5.98. The maximum Gasteiger partial charge on any atom is 0.339 e. The van der Waals surface area contributed by atoms with Crippen molar-refractivity contribution in [2.75, 3.05) is 7.11 Å². The van der Waals surface area contributed by atoms with E-state index in [1.54, 1.807) is 0 Å². The number of Topliss-reactive ketones (excluding diaryl/α,β-unsaturated/α-hetero) is 1. The molecule has 0 fully saturated rings. The number of nitrogens with zero attached hydrogens (tertiary/aromatic N) is 1. The third kappa shape index (κ3) is 2.51. The van der Waals surface area contributed by atoms with Crippen LogP contribution in [0, 0.1) is 0 Å². The van der Waals surface area contributed by atoms with Gasteiger partial charge in [-0.15, -0.1) is 0 Å². The predicted octanol–water partition coefficient (Wildman–Crippen LogP) is 0.291. The van der Waals surface area contributed by atoms with Gasteiger partial charge in [-0.1, -0.05) is 0 Å². The Labute approximate surface area is 116 Å². The summed E-state index contributed by atoms with van der Waals surface area (Å²) in [7, 11) is 1.17. The summed E-state index contributed by atoms with van der Waals surface area (Å²) in [4.78, 5) is 35.3. The highest BCUT2D eigenvalue weighted by Gasteiger charge is 2.34. The van der Waals surface area contributed by atoms with Crippen molar-refractivity contribution in [2.24, 2.45) is 0 Å². The molecule has 0 aliphatic heterocycles. The van der Waals surface area contributed by atoms with Crippen LogP contribution in [0.25, 0.3) is 0 Å². The van der Waals surface area contributed by atoms with Gasteiger partial charge in [0.25, 0.3) is 5.56 Å². The van der Waals surface area contributed by atoms with Crippen LogP contribution in [0.3, 0.4) is 0 Å². The van der Waals surface area contributed by atoms with Gasteiger partial charge in [-0.2, -0.15) is 0 Å². The van der Waals surface area contributed by atoms with E-state index in [1.807, 2.05) is 0 Å². The number of hydrogen-bond donors (Lipinski definition) is 1. The van der Waals surface area contributed by atoms with Crippen LogP contribution in [0.4, 0.5) is 0 Å². The van der Waals surface area contributed by atoms with Crippen LogP contribution in [0.2, 0.25) is 0 Å². The Kier molecular flexibility index (Phi) is 3.76. The zero-order valence-electron chi connectivity index (χ0n) is 11.5. The Balaban J connectivity index is 2.47. The maximum absolute atomic E-state index is 12.0. The fourth-order valence-corrected chi connectivity index (χ4v) is 2.46. The van der Waals surface area contributed by atoms with E-state index in [1.165, 1.54) is 30.7 Å². The number of carbonyl (C=O) groups excluding carboxylic acids is 2. The van der Waals surface area contributed by atoms with Crippen molar-refractivity contribution in [3.63, 3.8) is 0 Å². The lowest BCUT2D eigenvalue weighted by atomic mass is 9.94. The average molecular weight is 279 g/mol. The van der Waals surface area contributed by atoms with E-state index in [0.717, 1.165) is 0 Å². The van der Waals surface area contributed by atoms with Gasteiger partial charge in [0.15, 0.2) is 11.4 Å². The third-order valence-electron chi connectivity index (χ3n) is 3.50. The number of aromatic nitrogens is 1. The van der Waals surface area contributed by atoms with Crippen molar-refractivity contribution in [2.45, 2.75) is 38.3 Å². The lowest BCUT2D eigenvalue weighted by Crippen LogP contribution is -2.44. The Morgan fingerprint density at radius 1 is 1.40 bits per heavy atom. The van der Waals surface area contributed by atoms with Crippen LogP contribution < -0.4 is 5.56 Å². The van der Waals surface area contributed by atoms with Crippen molar-refractivity contribution in [3.05, 3.63) is 33.7 Å². The molecule has 6 nitrogen and oxygen atoms in total. The first-order chi connectivity index (χ1) is 9.36. The van der Waals surface area contributed by atoms with E-state index in [0.29, 0.717) is 30.5 Å². The van der Waals surface area contributed by atoms with E-state index < -0.39 is 11.6 Å². The molecule has 0 aromatic carbocycles. The van der Waals surface area contributed by atoms with Crippen LogP contribution in [-0.2, 0) is 22.5 Å². The Morgan fingerprint density at radius 3 is 2.75 bits per heavy atom. The largest absolute Gasteiger partial charge is 0.467 e. The van der Waals surface area contributed by atoms with E-state index in [9.17, 15) is 19.5 Å². The number of hydrogen-bond acceptors (Lipinski definition) is 5. The monoisotopic (exact) mass is 279 g/mol. The third-order valence-corrected chi connectivity index (χ3v) is 3.50. The number of pyridine rings is 1. The Morgan fingerprint density at radius 2 is 2.10 bits per heavy atom. The first-order valence-corrected chi connectivity index (χ1v) is 6.43. The van der Waals surface area contributed by atoms with Crippen molar-refractivity contribution >= 4 is 11.8 Å². The standard InChI is InChI=1S/C14H17NO5/c1-14(19,13(18)20-2)8-15-10-4-3-5-11(16)9(10)6-7-12(15)17/h6-7,19H,3-5,8H2,1-2H3. The number of aliphatic hydroxyl groups is 1. The fraction of sp³-hybridized carbons (Fsp3) is 0.500. The Hall–Kier alpha value is -1.95. The molecule has 1 unspecified atom stereocenters. The molecule has 0 bridgehead atoms. The van der Waals surface area contributed by atoms with Crippen LogP contribution in [-0.4, -0.2) is 34.1 Å². The zero-order chi connectivity index (χ0) is 14.9. The highest BCUT2D eigenvalue weighted by Crippen LogP contribution is 2.21. The summed E-state index contributed by atoms with van der Waals surface area (Å²) in [6, 6.07) is 2.80. The lowest BCUT2D eigenvalue weighted by Gasteiger charge is -2.25. The molecular formula is C14H17NO5. The minimum absolute atomic E-state index is 0.0160. The maximum atomic E-state index is 12.0. The molecule has 1 aromatic heterocycles. The number of methoxy groups -OCH3 is 1. The molecule has 108 valence electrons. The smallest absolute Gasteiger partial charge is 0.339 e. The van der Waals surface area contributed by atoms with E-state index >= 15 is 0 Å². The minimum Gasteiger partial charge on any atom is -0.467 e. The van der Waals surface area contributed by atoms with E-state index in [4.69, 9.17) is 0 Å². The molecule has 1 heterocycles. The van der Waals surface area contributed by atoms with Gasteiger partial charge in [-0.05, 0) is 25.8 Å². The second-order valence-electron chi connectivity index (χ2n) is 5.16. The van der Waals surface area contributed by atoms with Gasteiger partial charge in [-0.25, -0.2) is 4.79 Å². The molecule has 6 heteroatoms. The lowest BCUT2D eigenvalue weighted by molar-refractivity contribution is -0.161. The fourth-order valence-electron chi connectivity index (χ4n) is 2.46. The number of ether oxygens (including phenoxy) is 1. The second kappa shape index (κ2) is 5.20. The molecule has 20 heavy (non-hydrogen) atoms. The normalized spacial score (nSPS) is 17.2. The molecular weight excluding hydrogens is 262 g/mol. The average Bonchev–Trinajstić information content (AvgIpc) is 2.41. The number of esters is 1. The van der Waals surface area contributed by atoms with Crippen molar-refractivity contribution in [1.82, 2.24) is 4.57 Å². The SMILES string of the molecule is COC(=O)C(C)(O)Cn1c2c(ccc1=O)C(=O)CCC2. The van der Waals surface area contributed by atoms with Crippen LogP contribution >= 0.6 is 0 Å². The molecule has 0 spiro atoms. The minimum atomic E-state index is -1.81. The first kappa shape index (κ1) is 14.5. The summed E-state index contributed by atoms with van der Waals surface area (Å²) in [5.41, 5.74) is -1.08. The van der Waals surface area contributed by atoms with Crippen LogP contribution in [0.15, 0.2) is 16.9 Å². The molecule has 0 saturated carbocycles. The molecule has 0 amide bonds. The Bertz CT molecular complexity index is 614. The number of rotatable bonds is 3. The summed E-state index contributed by atoms with van der Waals surface area (Å²) >= 11 is 0. The van der Waals surface area contributed by atoms with Gasteiger partial charge in [0.1, 0.15) is 0 Å². The van der Waals surface area contributed by atoms with Gasteiger partial charge in [-0.3, -0.25) is 9.59 Å². The summed E-state index contributed by atoms with van der Waals surface area (Å²) < 4.78 is 5.82. The molecule has 1 aliphatic rings. The summed E-state index contributed by atoms with van der Waals surface area (Å²) in [5, 5.41) is 10.1. The molecule has 0 saturated heterocycles. The molecule has 0 radical (unpaired) electrons.